The second-order valence-corrected chi connectivity index (χ2v) is 7.23. The Hall–Kier alpha value is -2.13. The van der Waals surface area contributed by atoms with Crippen LogP contribution in [0.3, 0.4) is 0 Å². The van der Waals surface area contributed by atoms with Gasteiger partial charge in [0, 0.05) is 32.7 Å². The third-order valence-corrected chi connectivity index (χ3v) is 5.06. The molecule has 0 atom stereocenters. The highest BCUT2D eigenvalue weighted by molar-refractivity contribution is 5.81. The minimum absolute atomic E-state index is 0.198. The summed E-state index contributed by atoms with van der Waals surface area (Å²) >= 11 is 0. The van der Waals surface area contributed by atoms with Gasteiger partial charge in [-0.2, -0.15) is 9.97 Å². The van der Waals surface area contributed by atoms with E-state index < -0.39 is 0 Å². The van der Waals surface area contributed by atoms with Crippen LogP contribution < -0.4 is 16.2 Å². The van der Waals surface area contributed by atoms with Crippen LogP contribution >= 0.6 is 0 Å². The monoisotopic (exact) mass is 377 g/mol. The van der Waals surface area contributed by atoms with Crippen molar-refractivity contribution >= 4 is 17.0 Å². The van der Waals surface area contributed by atoms with Crippen molar-refractivity contribution in [2.75, 3.05) is 52.1 Å². The topological polar surface area (TPSA) is 105 Å². The second-order valence-electron chi connectivity index (χ2n) is 7.23. The van der Waals surface area contributed by atoms with Gasteiger partial charge < -0.3 is 25.3 Å². The third kappa shape index (κ3) is 4.98. The van der Waals surface area contributed by atoms with E-state index in [2.05, 4.69) is 38.7 Å². The molecule has 0 radical (unpaired) electrons. The van der Waals surface area contributed by atoms with Crippen LogP contribution in [-0.4, -0.2) is 75.7 Å². The lowest BCUT2D eigenvalue weighted by atomic mass is 10.2. The molecular weight excluding hydrogens is 346 g/mol. The number of aromatic nitrogens is 4. The first-order chi connectivity index (χ1) is 13.1. The van der Waals surface area contributed by atoms with Crippen LogP contribution in [0.4, 0.5) is 5.82 Å². The third-order valence-electron chi connectivity index (χ3n) is 5.06. The minimum atomic E-state index is -0.198. The van der Waals surface area contributed by atoms with Crippen molar-refractivity contribution in [3.05, 3.63) is 10.5 Å². The van der Waals surface area contributed by atoms with Crippen molar-refractivity contribution in [3.8, 4) is 6.01 Å². The average molecular weight is 377 g/mol. The lowest BCUT2D eigenvalue weighted by Gasteiger charge is -2.32. The maximum Gasteiger partial charge on any atom is 0.327 e. The van der Waals surface area contributed by atoms with Crippen molar-refractivity contribution in [2.24, 2.45) is 0 Å². The predicted octanol–water partition coefficient (Wildman–Crippen LogP) is 0.908. The van der Waals surface area contributed by atoms with Crippen LogP contribution in [0, 0.1) is 0 Å². The highest BCUT2D eigenvalue weighted by Crippen LogP contribution is 2.18. The van der Waals surface area contributed by atoms with E-state index in [1.807, 2.05) is 0 Å². The van der Waals surface area contributed by atoms with Gasteiger partial charge in [0.2, 0.25) is 0 Å². The zero-order valence-corrected chi connectivity index (χ0v) is 16.4. The van der Waals surface area contributed by atoms with E-state index in [-0.39, 0.29) is 17.5 Å². The average Bonchev–Trinajstić information content (AvgIpc) is 2.97. The van der Waals surface area contributed by atoms with Crippen molar-refractivity contribution in [1.82, 2.24) is 29.3 Å². The second kappa shape index (κ2) is 9.18. The van der Waals surface area contributed by atoms with E-state index >= 15 is 0 Å². The van der Waals surface area contributed by atoms with Gasteiger partial charge in [-0.05, 0) is 32.9 Å². The number of rotatable bonds is 9. The number of imidazole rings is 1. The Morgan fingerprint density at radius 2 is 1.85 bits per heavy atom. The number of H-pyrrole nitrogens is 1. The van der Waals surface area contributed by atoms with Gasteiger partial charge in [0.25, 0.3) is 0 Å². The normalized spacial score (nSPS) is 16.2. The number of anilines is 1. The summed E-state index contributed by atoms with van der Waals surface area (Å²) in [6, 6.07) is 0.235. The van der Waals surface area contributed by atoms with Crippen LogP contribution in [0.2, 0.25) is 0 Å². The number of fused-ring (bicyclic) bond motifs is 1. The van der Waals surface area contributed by atoms with Crippen molar-refractivity contribution < 1.29 is 4.74 Å². The smallest absolute Gasteiger partial charge is 0.327 e. The molecule has 1 fully saturated rings. The summed E-state index contributed by atoms with van der Waals surface area (Å²) in [6.45, 7) is 8.79. The molecule has 3 heterocycles. The summed E-state index contributed by atoms with van der Waals surface area (Å²) in [5, 5.41) is 0. The molecule has 9 heteroatoms. The molecule has 150 valence electrons. The number of nitrogen functional groups attached to an aromatic ring is 1. The Morgan fingerprint density at radius 3 is 2.59 bits per heavy atom. The number of piperazine rings is 1. The lowest BCUT2D eigenvalue weighted by Crippen LogP contribution is -2.44. The first-order valence-corrected chi connectivity index (χ1v) is 9.88. The fraction of sp³-hybridized carbons (Fsp3) is 0.722. The van der Waals surface area contributed by atoms with E-state index in [4.69, 9.17) is 10.5 Å². The number of aromatic amines is 1. The van der Waals surface area contributed by atoms with Gasteiger partial charge in [0.15, 0.2) is 11.5 Å². The molecular formula is C18H31N7O2. The number of hydrogen-bond acceptors (Lipinski definition) is 7. The molecule has 0 aliphatic carbocycles. The summed E-state index contributed by atoms with van der Waals surface area (Å²) in [6.07, 6.45) is 3.91. The molecule has 1 aliphatic heterocycles. The molecule has 9 nitrogen and oxygen atoms in total. The fourth-order valence-electron chi connectivity index (χ4n) is 3.29. The molecule has 3 N–H and O–H groups in total. The quantitative estimate of drug-likeness (QED) is 0.626. The molecule has 1 aliphatic rings. The first kappa shape index (κ1) is 19.6. The SMILES string of the molecule is CCCCOc1nc(N)c2[nH]c(=O)n(CCCCN3CCN(C)CC3)c2n1. The van der Waals surface area contributed by atoms with E-state index in [1.54, 1.807) is 4.57 Å². The number of nitrogens with two attached hydrogens (primary N) is 1. The molecule has 2 aromatic rings. The number of unbranched alkanes of at least 4 members (excludes halogenated alkanes) is 2. The van der Waals surface area contributed by atoms with Crippen molar-refractivity contribution in [2.45, 2.75) is 39.2 Å². The van der Waals surface area contributed by atoms with Gasteiger partial charge in [-0.25, -0.2) is 4.79 Å². The van der Waals surface area contributed by atoms with Crippen molar-refractivity contribution in [3.63, 3.8) is 0 Å². The largest absolute Gasteiger partial charge is 0.463 e. The van der Waals surface area contributed by atoms with Crippen LogP contribution in [-0.2, 0) is 6.54 Å². The Kier molecular flexibility index (Phi) is 6.68. The number of nitrogens with one attached hydrogen (secondary N) is 1. The number of aryl methyl sites for hydroxylation is 1. The molecule has 3 rings (SSSR count). The maximum absolute atomic E-state index is 12.3. The zero-order chi connectivity index (χ0) is 19.2. The number of ether oxygens (including phenoxy) is 1. The summed E-state index contributed by atoms with van der Waals surface area (Å²) in [5.41, 5.74) is 6.80. The Labute approximate surface area is 159 Å². The maximum atomic E-state index is 12.3. The molecule has 0 unspecified atom stereocenters. The van der Waals surface area contributed by atoms with Gasteiger partial charge in [-0.1, -0.05) is 13.3 Å². The molecule has 27 heavy (non-hydrogen) atoms. The lowest BCUT2D eigenvalue weighted by molar-refractivity contribution is 0.151. The number of nitrogens with zero attached hydrogens (tertiary/aromatic N) is 5. The van der Waals surface area contributed by atoms with E-state index in [9.17, 15) is 4.79 Å². The number of likely N-dealkylation sites (N-methyl/N-ethyl adjacent to an activating group) is 1. The molecule has 2 aromatic heterocycles. The molecule has 1 saturated heterocycles. The zero-order valence-electron chi connectivity index (χ0n) is 16.4. The van der Waals surface area contributed by atoms with Crippen LogP contribution in [0.25, 0.3) is 11.2 Å². The van der Waals surface area contributed by atoms with Gasteiger partial charge in [0.1, 0.15) is 5.52 Å². The Bertz CT molecular complexity index is 793. The van der Waals surface area contributed by atoms with Gasteiger partial charge >= 0.3 is 11.7 Å². The molecule has 0 amide bonds. The van der Waals surface area contributed by atoms with E-state index in [0.717, 1.165) is 58.4 Å². The van der Waals surface area contributed by atoms with Gasteiger partial charge in [-0.3, -0.25) is 4.57 Å². The first-order valence-electron chi connectivity index (χ1n) is 9.88. The Balaban J connectivity index is 1.61. The molecule has 0 saturated carbocycles. The summed E-state index contributed by atoms with van der Waals surface area (Å²) in [4.78, 5) is 28.5. The Morgan fingerprint density at radius 1 is 1.11 bits per heavy atom. The highest BCUT2D eigenvalue weighted by atomic mass is 16.5. The van der Waals surface area contributed by atoms with Crippen molar-refractivity contribution in [1.29, 1.82) is 0 Å². The van der Waals surface area contributed by atoms with Crippen LogP contribution in [0.15, 0.2) is 4.79 Å². The summed E-state index contributed by atoms with van der Waals surface area (Å²) in [5.74, 6) is 0.250. The summed E-state index contributed by atoms with van der Waals surface area (Å²) < 4.78 is 7.21. The number of hydrogen-bond donors (Lipinski definition) is 2. The molecule has 0 spiro atoms. The highest BCUT2D eigenvalue weighted by Gasteiger charge is 2.15. The van der Waals surface area contributed by atoms with Crippen LogP contribution in [0.1, 0.15) is 32.6 Å². The molecule has 0 aromatic carbocycles. The predicted molar refractivity (Wildman–Crippen MR) is 106 cm³/mol. The molecule has 0 bridgehead atoms. The minimum Gasteiger partial charge on any atom is -0.463 e. The fourth-order valence-corrected chi connectivity index (χ4v) is 3.29. The van der Waals surface area contributed by atoms with Gasteiger partial charge in [-0.15, -0.1) is 0 Å². The summed E-state index contributed by atoms with van der Waals surface area (Å²) in [7, 11) is 2.16. The van der Waals surface area contributed by atoms with E-state index in [0.29, 0.717) is 24.3 Å². The van der Waals surface area contributed by atoms with Crippen LogP contribution in [0.5, 0.6) is 6.01 Å². The van der Waals surface area contributed by atoms with Gasteiger partial charge in [0.05, 0.1) is 6.61 Å². The van der Waals surface area contributed by atoms with E-state index in [1.165, 1.54) is 0 Å². The standard InChI is InChI=1S/C18H31N7O2/c1-3-4-13-27-17-21-15(19)14-16(22-17)25(18(26)20-14)8-6-5-7-24-11-9-23(2)10-12-24/h3-13H2,1-2H3,(H,20,26)(H2,19,21,22).